The third kappa shape index (κ3) is 5.86. The van der Waals surface area contributed by atoms with E-state index in [0.29, 0.717) is 16.8 Å². The van der Waals surface area contributed by atoms with E-state index < -0.39 is 28.0 Å². The van der Waals surface area contributed by atoms with Gasteiger partial charge in [0, 0.05) is 0 Å². The lowest BCUT2D eigenvalue weighted by Gasteiger charge is -2.17. The molecule has 1 amide bonds. The van der Waals surface area contributed by atoms with E-state index in [1.165, 1.54) is 19.1 Å². The third-order valence-corrected chi connectivity index (χ3v) is 6.89. The largest absolute Gasteiger partial charge is 0.449 e. The van der Waals surface area contributed by atoms with Gasteiger partial charge in [-0.3, -0.25) is 9.52 Å². The zero-order chi connectivity index (χ0) is 25.8. The first-order chi connectivity index (χ1) is 16.5. The summed E-state index contributed by atoms with van der Waals surface area (Å²) < 4.78 is 34.1. The van der Waals surface area contributed by atoms with Crippen LogP contribution in [-0.2, 0) is 19.6 Å². The standard InChI is InChI=1S/C26H25N3O5S/c1-16-13-17(2)24(18(3)14-16)35(32,33)29-23-12-8-6-10-21(23)26(31)34-19(4)25(30)28-22-11-7-5-9-20(22)15-27/h5-14,19,29H,1-4H3,(H,28,30)/t19-/m0/s1. The number of sulfonamides is 1. The van der Waals surface area contributed by atoms with Crippen LogP contribution in [0.15, 0.2) is 65.6 Å². The van der Waals surface area contributed by atoms with Crippen molar-refractivity contribution in [3.63, 3.8) is 0 Å². The molecule has 35 heavy (non-hydrogen) atoms. The van der Waals surface area contributed by atoms with Crippen molar-refractivity contribution in [2.24, 2.45) is 0 Å². The van der Waals surface area contributed by atoms with E-state index in [9.17, 15) is 23.3 Å². The molecule has 0 unspecified atom stereocenters. The zero-order valence-electron chi connectivity index (χ0n) is 19.7. The van der Waals surface area contributed by atoms with Gasteiger partial charge in [0.2, 0.25) is 0 Å². The molecule has 0 saturated heterocycles. The van der Waals surface area contributed by atoms with Crippen LogP contribution in [-0.4, -0.2) is 26.4 Å². The number of carbonyl (C=O) groups excluding carboxylic acids is 2. The molecule has 8 nitrogen and oxygen atoms in total. The fraction of sp³-hybridized carbons (Fsp3) is 0.192. The smallest absolute Gasteiger partial charge is 0.341 e. The van der Waals surface area contributed by atoms with E-state index in [1.807, 2.05) is 13.0 Å². The first kappa shape index (κ1) is 25.5. The summed E-state index contributed by atoms with van der Waals surface area (Å²) in [6.45, 7) is 6.68. The van der Waals surface area contributed by atoms with Crippen LogP contribution >= 0.6 is 0 Å². The van der Waals surface area contributed by atoms with Gasteiger partial charge in [-0.25, -0.2) is 13.2 Å². The number of esters is 1. The SMILES string of the molecule is Cc1cc(C)c(S(=O)(=O)Nc2ccccc2C(=O)O[C@@H](C)C(=O)Nc2ccccc2C#N)c(C)c1. The van der Waals surface area contributed by atoms with Crippen molar-refractivity contribution in [2.45, 2.75) is 38.7 Å². The molecular weight excluding hydrogens is 466 g/mol. The number of carbonyl (C=O) groups is 2. The van der Waals surface area contributed by atoms with Crippen molar-refractivity contribution in [3.05, 3.63) is 88.5 Å². The molecule has 0 saturated carbocycles. The minimum absolute atomic E-state index is 0.0271. The van der Waals surface area contributed by atoms with Crippen LogP contribution in [0.25, 0.3) is 0 Å². The van der Waals surface area contributed by atoms with Crippen molar-refractivity contribution in [1.29, 1.82) is 5.26 Å². The lowest BCUT2D eigenvalue weighted by atomic mass is 10.1. The van der Waals surface area contributed by atoms with Crippen molar-refractivity contribution in [2.75, 3.05) is 10.0 Å². The average Bonchev–Trinajstić information content (AvgIpc) is 2.78. The first-order valence-electron chi connectivity index (χ1n) is 10.7. The molecule has 0 aliphatic rings. The summed E-state index contributed by atoms with van der Waals surface area (Å²) in [5, 5.41) is 11.7. The highest BCUT2D eigenvalue weighted by Crippen LogP contribution is 2.26. The topological polar surface area (TPSA) is 125 Å². The van der Waals surface area contributed by atoms with Gasteiger partial charge >= 0.3 is 5.97 Å². The number of nitrogens with one attached hydrogen (secondary N) is 2. The molecule has 0 bridgehead atoms. The van der Waals surface area contributed by atoms with E-state index in [4.69, 9.17) is 4.74 Å². The van der Waals surface area contributed by atoms with E-state index in [1.54, 1.807) is 62.4 Å². The average molecular weight is 492 g/mol. The summed E-state index contributed by atoms with van der Waals surface area (Å²) in [6.07, 6.45) is -1.21. The van der Waals surface area contributed by atoms with Crippen LogP contribution in [0.1, 0.15) is 39.5 Å². The van der Waals surface area contributed by atoms with Crippen molar-refractivity contribution >= 4 is 33.3 Å². The molecule has 3 aromatic rings. The van der Waals surface area contributed by atoms with Crippen LogP contribution in [0, 0.1) is 32.1 Å². The number of nitriles is 1. The Kier molecular flexibility index (Phi) is 7.57. The van der Waals surface area contributed by atoms with Gasteiger partial charge in [-0.05, 0) is 63.1 Å². The summed E-state index contributed by atoms with van der Waals surface area (Å²) in [5.41, 5.74) is 2.64. The maximum Gasteiger partial charge on any atom is 0.341 e. The summed E-state index contributed by atoms with van der Waals surface area (Å²) in [4.78, 5) is 25.5. The molecule has 0 radical (unpaired) electrons. The zero-order valence-corrected chi connectivity index (χ0v) is 20.6. The van der Waals surface area contributed by atoms with Crippen LogP contribution in [0.2, 0.25) is 0 Å². The Hall–Kier alpha value is -4.16. The minimum Gasteiger partial charge on any atom is -0.449 e. The summed E-state index contributed by atoms with van der Waals surface area (Å²) in [5.74, 6) is -1.51. The third-order valence-electron chi connectivity index (χ3n) is 5.22. The van der Waals surface area contributed by atoms with Gasteiger partial charge in [0.25, 0.3) is 15.9 Å². The molecule has 0 aliphatic heterocycles. The molecule has 9 heteroatoms. The molecule has 3 rings (SSSR count). The second kappa shape index (κ2) is 10.4. The highest BCUT2D eigenvalue weighted by atomic mass is 32.2. The molecule has 3 aromatic carbocycles. The monoisotopic (exact) mass is 491 g/mol. The predicted octanol–water partition coefficient (Wildman–Crippen LogP) is 4.47. The second-order valence-electron chi connectivity index (χ2n) is 8.07. The van der Waals surface area contributed by atoms with Gasteiger partial charge in [-0.15, -0.1) is 0 Å². The maximum absolute atomic E-state index is 13.2. The number of aryl methyl sites for hydroxylation is 3. The first-order valence-corrected chi connectivity index (χ1v) is 12.2. The molecular formula is C26H25N3O5S. The number of benzene rings is 3. The van der Waals surface area contributed by atoms with E-state index in [2.05, 4.69) is 10.0 Å². The Labute approximate surface area is 204 Å². The number of nitrogens with zero attached hydrogens (tertiary/aromatic N) is 1. The Morgan fingerprint density at radius 3 is 2.14 bits per heavy atom. The van der Waals surface area contributed by atoms with Crippen LogP contribution in [0.3, 0.4) is 0 Å². The van der Waals surface area contributed by atoms with Crippen molar-refractivity contribution in [3.8, 4) is 6.07 Å². The molecule has 2 N–H and O–H groups in total. The van der Waals surface area contributed by atoms with Crippen LogP contribution < -0.4 is 10.0 Å². The Bertz CT molecular complexity index is 1420. The van der Waals surface area contributed by atoms with Crippen LogP contribution in [0.4, 0.5) is 11.4 Å². The molecule has 0 fully saturated rings. The Morgan fingerprint density at radius 1 is 0.943 bits per heavy atom. The molecule has 180 valence electrons. The molecule has 0 spiro atoms. The fourth-order valence-corrected chi connectivity index (χ4v) is 5.27. The van der Waals surface area contributed by atoms with E-state index >= 15 is 0 Å². The second-order valence-corrected chi connectivity index (χ2v) is 9.69. The van der Waals surface area contributed by atoms with Gasteiger partial charge in [-0.1, -0.05) is 42.0 Å². The summed E-state index contributed by atoms with van der Waals surface area (Å²) >= 11 is 0. The van der Waals surface area contributed by atoms with Crippen molar-refractivity contribution < 1.29 is 22.7 Å². The quantitative estimate of drug-likeness (QED) is 0.470. The number of anilines is 2. The normalized spacial score (nSPS) is 11.7. The van der Waals surface area contributed by atoms with E-state index in [0.717, 1.165) is 5.56 Å². The fourth-order valence-electron chi connectivity index (χ4n) is 3.74. The Balaban J connectivity index is 1.80. The highest BCUT2D eigenvalue weighted by molar-refractivity contribution is 7.92. The van der Waals surface area contributed by atoms with Gasteiger partial charge < -0.3 is 10.1 Å². The number of amides is 1. The van der Waals surface area contributed by atoms with Gasteiger partial charge in [0.05, 0.1) is 27.4 Å². The lowest BCUT2D eigenvalue weighted by Crippen LogP contribution is -2.30. The highest BCUT2D eigenvalue weighted by Gasteiger charge is 2.25. The number of hydrogen-bond donors (Lipinski definition) is 2. The minimum atomic E-state index is -4.01. The van der Waals surface area contributed by atoms with Gasteiger partial charge in [0.15, 0.2) is 6.10 Å². The Morgan fingerprint density at radius 2 is 1.51 bits per heavy atom. The summed E-state index contributed by atoms with van der Waals surface area (Å²) in [6, 6.07) is 17.9. The molecule has 0 aliphatic carbocycles. The summed E-state index contributed by atoms with van der Waals surface area (Å²) in [7, 11) is -4.01. The number of para-hydroxylation sites is 2. The maximum atomic E-state index is 13.2. The van der Waals surface area contributed by atoms with E-state index in [-0.39, 0.29) is 21.7 Å². The van der Waals surface area contributed by atoms with Gasteiger partial charge in [0.1, 0.15) is 6.07 Å². The molecule has 1 atom stereocenters. The molecule has 0 heterocycles. The predicted molar refractivity (Wildman–Crippen MR) is 133 cm³/mol. The number of hydrogen-bond acceptors (Lipinski definition) is 6. The van der Waals surface area contributed by atoms with Crippen molar-refractivity contribution in [1.82, 2.24) is 0 Å². The van der Waals surface area contributed by atoms with Gasteiger partial charge in [-0.2, -0.15) is 5.26 Å². The van der Waals surface area contributed by atoms with Crippen LogP contribution in [0.5, 0.6) is 0 Å². The lowest BCUT2D eigenvalue weighted by molar-refractivity contribution is -0.123. The molecule has 0 aromatic heterocycles. The number of ether oxygens (including phenoxy) is 1. The number of rotatable bonds is 7.